The number of piperidine rings is 1. The highest BCUT2D eigenvalue weighted by Gasteiger charge is 2.52. The van der Waals surface area contributed by atoms with Crippen LogP contribution in [0.25, 0.3) is 0 Å². The Morgan fingerprint density at radius 2 is 1.85 bits per heavy atom. The first-order valence-corrected chi connectivity index (χ1v) is 9.91. The molecule has 2 saturated heterocycles. The van der Waals surface area contributed by atoms with Crippen LogP contribution in [0.4, 0.5) is 0 Å². The number of carbonyl (C=O) groups excluding carboxylic acids is 1. The van der Waals surface area contributed by atoms with Crippen molar-refractivity contribution in [3.8, 4) is 0 Å². The Kier molecular flexibility index (Phi) is 5.49. The van der Waals surface area contributed by atoms with Crippen LogP contribution in [-0.2, 0) is 14.1 Å². The molecule has 3 heterocycles. The summed E-state index contributed by atoms with van der Waals surface area (Å²) in [6, 6.07) is 0.335. The van der Waals surface area contributed by atoms with E-state index in [4.69, 9.17) is 9.31 Å². The van der Waals surface area contributed by atoms with Gasteiger partial charge >= 0.3 is 7.12 Å². The summed E-state index contributed by atoms with van der Waals surface area (Å²) in [6.45, 7) is 12.0. The zero-order valence-corrected chi connectivity index (χ0v) is 16.8. The monoisotopic (exact) mass is 361 g/mol. The van der Waals surface area contributed by atoms with Gasteiger partial charge in [-0.2, -0.15) is 5.10 Å². The van der Waals surface area contributed by atoms with Crippen LogP contribution in [0.5, 0.6) is 0 Å². The molecular weight excluding hydrogens is 329 g/mol. The average Bonchev–Trinajstić information content (AvgIpc) is 3.16. The molecule has 1 aromatic rings. The number of amides is 1. The molecule has 2 aliphatic rings. The Balaban J connectivity index is 1.57. The third kappa shape index (κ3) is 3.84. The molecule has 0 aromatic carbocycles. The van der Waals surface area contributed by atoms with Crippen molar-refractivity contribution >= 4 is 18.5 Å². The van der Waals surface area contributed by atoms with Crippen LogP contribution < -0.4 is 5.46 Å². The van der Waals surface area contributed by atoms with E-state index in [-0.39, 0.29) is 18.3 Å². The third-order valence-corrected chi connectivity index (χ3v) is 6.08. The maximum atomic E-state index is 12.2. The van der Waals surface area contributed by atoms with Gasteiger partial charge in [-0.25, -0.2) is 0 Å². The summed E-state index contributed by atoms with van der Waals surface area (Å²) in [7, 11) is -0.371. The van der Waals surface area contributed by atoms with Crippen molar-refractivity contribution < 1.29 is 14.1 Å². The minimum Gasteiger partial charge on any atom is -0.399 e. The van der Waals surface area contributed by atoms with E-state index in [1.807, 2.05) is 22.0 Å². The van der Waals surface area contributed by atoms with Crippen molar-refractivity contribution in [3.05, 3.63) is 12.4 Å². The second-order valence-electron chi connectivity index (χ2n) is 8.56. The minimum atomic E-state index is -0.371. The first kappa shape index (κ1) is 19.4. The molecule has 0 unspecified atom stereocenters. The summed E-state index contributed by atoms with van der Waals surface area (Å²) in [5.74, 6) is 0.295. The first-order valence-electron chi connectivity index (χ1n) is 9.91. The molecule has 7 heteroatoms. The largest absolute Gasteiger partial charge is 0.498 e. The van der Waals surface area contributed by atoms with Gasteiger partial charge < -0.3 is 14.2 Å². The van der Waals surface area contributed by atoms with E-state index >= 15 is 0 Å². The molecule has 1 aromatic heterocycles. The van der Waals surface area contributed by atoms with Gasteiger partial charge in [-0.3, -0.25) is 9.48 Å². The van der Waals surface area contributed by atoms with Crippen molar-refractivity contribution in [3.63, 3.8) is 0 Å². The van der Waals surface area contributed by atoms with E-state index in [0.29, 0.717) is 18.4 Å². The highest BCUT2D eigenvalue weighted by Crippen LogP contribution is 2.36. The van der Waals surface area contributed by atoms with Crippen LogP contribution in [0, 0.1) is 0 Å². The second kappa shape index (κ2) is 7.35. The molecule has 1 amide bonds. The molecule has 2 aliphatic heterocycles. The van der Waals surface area contributed by atoms with Crippen molar-refractivity contribution in [2.24, 2.45) is 0 Å². The summed E-state index contributed by atoms with van der Waals surface area (Å²) >= 11 is 0. The number of rotatable bonds is 5. The van der Waals surface area contributed by atoms with Gasteiger partial charge in [-0.05, 0) is 47.0 Å². The van der Waals surface area contributed by atoms with Crippen molar-refractivity contribution in [1.82, 2.24) is 14.7 Å². The maximum absolute atomic E-state index is 12.2. The van der Waals surface area contributed by atoms with Crippen LogP contribution >= 0.6 is 0 Å². The number of unbranched alkanes of at least 4 members (excludes halogenated alkanes) is 1. The Hall–Kier alpha value is -1.34. The van der Waals surface area contributed by atoms with E-state index < -0.39 is 0 Å². The quantitative estimate of drug-likeness (QED) is 0.757. The van der Waals surface area contributed by atoms with E-state index in [1.165, 1.54) is 0 Å². The number of hydrogen-bond acceptors (Lipinski definition) is 4. The van der Waals surface area contributed by atoms with Gasteiger partial charge in [0.1, 0.15) is 0 Å². The highest BCUT2D eigenvalue weighted by molar-refractivity contribution is 6.62. The molecule has 2 fully saturated rings. The fourth-order valence-electron chi connectivity index (χ4n) is 3.52. The molecule has 0 spiro atoms. The van der Waals surface area contributed by atoms with Crippen LogP contribution in [0.1, 0.15) is 72.8 Å². The lowest BCUT2D eigenvalue weighted by molar-refractivity contribution is -0.132. The minimum absolute atomic E-state index is 0.295. The molecule has 0 N–H and O–H groups in total. The van der Waals surface area contributed by atoms with Gasteiger partial charge in [-0.1, -0.05) is 13.3 Å². The fraction of sp³-hybridized carbons (Fsp3) is 0.789. The summed E-state index contributed by atoms with van der Waals surface area (Å²) in [5, 5.41) is 4.55. The second-order valence-corrected chi connectivity index (χ2v) is 8.56. The van der Waals surface area contributed by atoms with Crippen LogP contribution in [-0.4, -0.2) is 52.0 Å². The SMILES string of the molecule is CCCCC(=O)N1CCC(n2cc(B3OC(C)(C)C(C)(C)O3)cn2)CC1. The Bertz CT molecular complexity index is 620. The smallest absolute Gasteiger partial charge is 0.399 e. The van der Waals surface area contributed by atoms with Crippen LogP contribution in [0.15, 0.2) is 12.4 Å². The Labute approximate surface area is 157 Å². The van der Waals surface area contributed by atoms with Gasteiger partial charge in [0.15, 0.2) is 0 Å². The highest BCUT2D eigenvalue weighted by atomic mass is 16.7. The van der Waals surface area contributed by atoms with Crippen molar-refractivity contribution in [1.29, 1.82) is 0 Å². The summed E-state index contributed by atoms with van der Waals surface area (Å²) < 4.78 is 14.2. The standard InChI is InChI=1S/C19H32BN3O3/c1-6-7-8-17(24)22-11-9-16(10-12-22)23-14-15(13-21-23)20-25-18(2,3)19(4,5)26-20/h13-14,16H,6-12H2,1-5H3. The molecule has 144 valence electrons. The summed E-state index contributed by atoms with van der Waals surface area (Å²) in [4.78, 5) is 14.2. The van der Waals surface area contributed by atoms with Gasteiger partial charge in [0, 0.05) is 37.4 Å². The normalized spacial score (nSPS) is 22.8. The molecular formula is C19H32BN3O3. The van der Waals surface area contributed by atoms with E-state index in [1.54, 1.807) is 0 Å². The Morgan fingerprint density at radius 3 is 2.42 bits per heavy atom. The molecule has 0 aliphatic carbocycles. The number of aromatic nitrogens is 2. The Morgan fingerprint density at radius 1 is 1.23 bits per heavy atom. The maximum Gasteiger partial charge on any atom is 0.498 e. The molecule has 0 saturated carbocycles. The zero-order valence-electron chi connectivity index (χ0n) is 16.8. The average molecular weight is 361 g/mol. The predicted octanol–water partition coefficient (Wildman–Crippen LogP) is 2.54. The third-order valence-electron chi connectivity index (χ3n) is 6.08. The molecule has 0 atom stereocenters. The molecule has 6 nitrogen and oxygen atoms in total. The van der Waals surface area contributed by atoms with Crippen LogP contribution in [0.3, 0.4) is 0 Å². The van der Waals surface area contributed by atoms with Gasteiger partial charge in [0.25, 0.3) is 0 Å². The van der Waals surface area contributed by atoms with Gasteiger partial charge in [0.2, 0.25) is 5.91 Å². The van der Waals surface area contributed by atoms with Gasteiger partial charge in [-0.15, -0.1) is 0 Å². The lowest BCUT2D eigenvalue weighted by atomic mass is 9.82. The fourth-order valence-corrected chi connectivity index (χ4v) is 3.52. The first-order chi connectivity index (χ1) is 12.2. The van der Waals surface area contributed by atoms with Crippen molar-refractivity contribution in [2.75, 3.05) is 13.1 Å². The zero-order chi connectivity index (χ0) is 18.9. The number of nitrogens with zero attached hydrogens (tertiary/aromatic N) is 3. The lowest BCUT2D eigenvalue weighted by Crippen LogP contribution is -2.41. The van der Waals surface area contributed by atoms with E-state index in [2.05, 4.69) is 39.7 Å². The number of likely N-dealkylation sites (tertiary alicyclic amines) is 1. The van der Waals surface area contributed by atoms with E-state index in [0.717, 1.165) is 44.2 Å². The van der Waals surface area contributed by atoms with Crippen molar-refractivity contribution in [2.45, 2.75) is 84.0 Å². The number of carbonyl (C=O) groups is 1. The topological polar surface area (TPSA) is 56.6 Å². The number of hydrogen-bond donors (Lipinski definition) is 0. The molecule has 0 bridgehead atoms. The van der Waals surface area contributed by atoms with E-state index in [9.17, 15) is 4.79 Å². The van der Waals surface area contributed by atoms with Crippen LogP contribution in [0.2, 0.25) is 0 Å². The predicted molar refractivity (Wildman–Crippen MR) is 102 cm³/mol. The molecule has 26 heavy (non-hydrogen) atoms. The van der Waals surface area contributed by atoms with Gasteiger partial charge in [0.05, 0.1) is 17.2 Å². The summed E-state index contributed by atoms with van der Waals surface area (Å²) in [6.07, 6.45) is 8.51. The summed E-state index contributed by atoms with van der Waals surface area (Å²) in [5.41, 5.74) is 0.276. The lowest BCUT2D eigenvalue weighted by Gasteiger charge is -2.32. The molecule has 0 radical (unpaired) electrons. The molecule has 3 rings (SSSR count).